The summed E-state index contributed by atoms with van der Waals surface area (Å²) < 4.78 is 5.50. The van der Waals surface area contributed by atoms with Gasteiger partial charge >= 0.3 is 0 Å². The Morgan fingerprint density at radius 2 is 2.10 bits per heavy atom. The molecule has 2 nitrogen and oxygen atoms in total. The van der Waals surface area contributed by atoms with Crippen LogP contribution in [-0.2, 0) is 4.74 Å². The van der Waals surface area contributed by atoms with E-state index >= 15 is 0 Å². The first-order valence-electron chi connectivity index (χ1n) is 3.96. The third-order valence-corrected chi connectivity index (χ3v) is 2.28. The van der Waals surface area contributed by atoms with Crippen molar-refractivity contribution in [1.82, 2.24) is 0 Å². The van der Waals surface area contributed by atoms with Crippen molar-refractivity contribution < 1.29 is 9.84 Å². The fourth-order valence-electron chi connectivity index (χ4n) is 1.26. The highest BCUT2D eigenvalue weighted by Gasteiger charge is 2.46. The van der Waals surface area contributed by atoms with Gasteiger partial charge in [-0.3, -0.25) is 0 Å². The third kappa shape index (κ3) is 1.50. The predicted molar refractivity (Wildman–Crippen MR) is 39.8 cm³/mol. The standard InChI is InChI=1S/C8H16O2/c1-7(2)8(3-4-8)10-6-5-9/h7,9H,3-6H2,1-2H3. The molecule has 0 bridgehead atoms. The Morgan fingerprint density at radius 3 is 2.40 bits per heavy atom. The van der Waals surface area contributed by atoms with Gasteiger partial charge in [-0.25, -0.2) is 0 Å². The zero-order valence-electron chi connectivity index (χ0n) is 6.76. The van der Waals surface area contributed by atoms with Crippen LogP contribution >= 0.6 is 0 Å². The summed E-state index contributed by atoms with van der Waals surface area (Å²) in [5.41, 5.74) is 0.142. The summed E-state index contributed by atoms with van der Waals surface area (Å²) in [5, 5.41) is 8.51. The molecule has 0 spiro atoms. The van der Waals surface area contributed by atoms with Crippen LogP contribution in [0.5, 0.6) is 0 Å². The van der Waals surface area contributed by atoms with Crippen molar-refractivity contribution in [2.45, 2.75) is 32.3 Å². The van der Waals surface area contributed by atoms with Gasteiger partial charge in [-0.15, -0.1) is 0 Å². The Hall–Kier alpha value is -0.0800. The van der Waals surface area contributed by atoms with Crippen LogP contribution in [0.15, 0.2) is 0 Å². The van der Waals surface area contributed by atoms with E-state index < -0.39 is 0 Å². The molecule has 0 aliphatic heterocycles. The maximum atomic E-state index is 8.51. The van der Waals surface area contributed by atoms with Crippen molar-refractivity contribution in [3.05, 3.63) is 0 Å². The van der Waals surface area contributed by atoms with Crippen molar-refractivity contribution in [2.75, 3.05) is 13.2 Å². The molecule has 1 saturated carbocycles. The zero-order valence-corrected chi connectivity index (χ0v) is 6.76. The predicted octanol–water partition coefficient (Wildman–Crippen LogP) is 1.18. The van der Waals surface area contributed by atoms with Gasteiger partial charge in [0, 0.05) is 0 Å². The number of rotatable bonds is 4. The van der Waals surface area contributed by atoms with E-state index in [0.717, 1.165) is 0 Å². The molecule has 0 aromatic carbocycles. The van der Waals surface area contributed by atoms with E-state index in [1.807, 2.05) is 0 Å². The summed E-state index contributed by atoms with van der Waals surface area (Å²) in [6.07, 6.45) is 2.34. The highest BCUT2D eigenvalue weighted by Crippen LogP contribution is 2.45. The Balaban J connectivity index is 2.24. The smallest absolute Gasteiger partial charge is 0.0708 e. The van der Waals surface area contributed by atoms with Gasteiger partial charge in [-0.2, -0.15) is 0 Å². The second-order valence-electron chi connectivity index (χ2n) is 3.29. The molecule has 0 aromatic heterocycles. The van der Waals surface area contributed by atoms with Crippen LogP contribution in [0.2, 0.25) is 0 Å². The van der Waals surface area contributed by atoms with E-state index in [4.69, 9.17) is 9.84 Å². The maximum Gasteiger partial charge on any atom is 0.0708 e. The molecule has 1 N–H and O–H groups in total. The average molecular weight is 144 g/mol. The van der Waals surface area contributed by atoms with Crippen LogP contribution in [0.3, 0.4) is 0 Å². The first-order valence-corrected chi connectivity index (χ1v) is 3.96. The molecule has 1 fully saturated rings. The number of hydrogen-bond donors (Lipinski definition) is 1. The van der Waals surface area contributed by atoms with Crippen molar-refractivity contribution >= 4 is 0 Å². The van der Waals surface area contributed by atoms with Crippen LogP contribution in [0, 0.1) is 5.92 Å². The topological polar surface area (TPSA) is 29.5 Å². The highest BCUT2D eigenvalue weighted by molar-refractivity contribution is 4.98. The van der Waals surface area contributed by atoms with Crippen molar-refractivity contribution in [3.63, 3.8) is 0 Å². The lowest BCUT2D eigenvalue weighted by molar-refractivity contribution is -0.0163. The first-order chi connectivity index (χ1) is 4.71. The Bertz CT molecular complexity index is 106. The van der Waals surface area contributed by atoms with Gasteiger partial charge in [-0.05, 0) is 18.8 Å². The van der Waals surface area contributed by atoms with Crippen LogP contribution in [0.4, 0.5) is 0 Å². The lowest BCUT2D eigenvalue weighted by Gasteiger charge is -2.19. The monoisotopic (exact) mass is 144 g/mol. The summed E-state index contributed by atoms with van der Waals surface area (Å²) in [6, 6.07) is 0. The van der Waals surface area contributed by atoms with Crippen molar-refractivity contribution in [3.8, 4) is 0 Å². The second-order valence-corrected chi connectivity index (χ2v) is 3.29. The first kappa shape index (κ1) is 8.02. The Labute approximate surface area is 62.2 Å². The molecule has 0 amide bonds. The highest BCUT2D eigenvalue weighted by atomic mass is 16.5. The largest absolute Gasteiger partial charge is 0.394 e. The molecule has 0 atom stereocenters. The van der Waals surface area contributed by atoms with Crippen molar-refractivity contribution in [2.24, 2.45) is 5.92 Å². The molecule has 0 saturated heterocycles. The van der Waals surface area contributed by atoms with Gasteiger partial charge in [-0.1, -0.05) is 13.8 Å². The number of ether oxygens (including phenoxy) is 1. The number of aliphatic hydroxyl groups excluding tert-OH is 1. The molecule has 60 valence electrons. The third-order valence-electron chi connectivity index (χ3n) is 2.28. The number of hydrogen-bond acceptors (Lipinski definition) is 2. The SMILES string of the molecule is CC(C)C1(OCCO)CC1. The molecule has 1 aliphatic rings. The summed E-state index contributed by atoms with van der Waals surface area (Å²) in [7, 11) is 0. The van der Waals surface area contributed by atoms with Gasteiger partial charge in [0.2, 0.25) is 0 Å². The van der Waals surface area contributed by atoms with E-state index in [-0.39, 0.29) is 12.2 Å². The number of aliphatic hydroxyl groups is 1. The lowest BCUT2D eigenvalue weighted by atomic mass is 10.1. The van der Waals surface area contributed by atoms with Gasteiger partial charge in [0.1, 0.15) is 0 Å². The summed E-state index contributed by atoms with van der Waals surface area (Å²) in [5.74, 6) is 0.596. The fraction of sp³-hybridized carbons (Fsp3) is 1.00. The van der Waals surface area contributed by atoms with Crippen LogP contribution < -0.4 is 0 Å². The minimum atomic E-state index is 0.142. The lowest BCUT2D eigenvalue weighted by Crippen LogP contribution is -2.22. The maximum absolute atomic E-state index is 8.51. The van der Waals surface area contributed by atoms with Gasteiger partial charge in [0.05, 0.1) is 18.8 Å². The van der Waals surface area contributed by atoms with E-state index in [0.29, 0.717) is 12.5 Å². The van der Waals surface area contributed by atoms with Gasteiger partial charge in [0.25, 0.3) is 0 Å². The molecule has 0 unspecified atom stereocenters. The normalized spacial score (nSPS) is 21.6. The van der Waals surface area contributed by atoms with Crippen molar-refractivity contribution in [1.29, 1.82) is 0 Å². The molecule has 2 heteroatoms. The van der Waals surface area contributed by atoms with E-state index in [1.165, 1.54) is 12.8 Å². The summed E-state index contributed by atoms with van der Waals surface area (Å²) in [4.78, 5) is 0. The molecule has 10 heavy (non-hydrogen) atoms. The molecule has 0 heterocycles. The quantitative estimate of drug-likeness (QED) is 0.642. The Kier molecular flexibility index (Phi) is 2.32. The minimum absolute atomic E-state index is 0.142. The second kappa shape index (κ2) is 2.89. The van der Waals surface area contributed by atoms with E-state index in [2.05, 4.69) is 13.8 Å². The van der Waals surface area contributed by atoms with Crippen LogP contribution in [-0.4, -0.2) is 23.9 Å². The fourth-order valence-corrected chi connectivity index (χ4v) is 1.26. The molecule has 1 aliphatic carbocycles. The van der Waals surface area contributed by atoms with Crippen LogP contribution in [0.25, 0.3) is 0 Å². The van der Waals surface area contributed by atoms with E-state index in [9.17, 15) is 0 Å². The van der Waals surface area contributed by atoms with E-state index in [1.54, 1.807) is 0 Å². The molecule has 0 aromatic rings. The average Bonchev–Trinajstić information content (AvgIpc) is 2.64. The molecule has 1 rings (SSSR count). The molecule has 0 radical (unpaired) electrons. The Morgan fingerprint density at radius 1 is 1.50 bits per heavy atom. The molecular formula is C8H16O2. The summed E-state index contributed by atoms with van der Waals surface area (Å²) in [6.45, 7) is 4.99. The molecular weight excluding hydrogens is 128 g/mol. The zero-order chi connectivity index (χ0) is 7.61. The van der Waals surface area contributed by atoms with Gasteiger partial charge in [0.15, 0.2) is 0 Å². The van der Waals surface area contributed by atoms with Gasteiger partial charge < -0.3 is 9.84 Å². The summed E-state index contributed by atoms with van der Waals surface area (Å²) >= 11 is 0. The minimum Gasteiger partial charge on any atom is -0.394 e. The van der Waals surface area contributed by atoms with Crippen LogP contribution in [0.1, 0.15) is 26.7 Å².